The third-order valence-corrected chi connectivity index (χ3v) is 3.34. The van der Waals surface area contributed by atoms with Crippen LogP contribution >= 0.6 is 0 Å². The first-order chi connectivity index (χ1) is 9.81. The Morgan fingerprint density at radius 3 is 2.25 bits per heavy atom. The fourth-order valence-corrected chi connectivity index (χ4v) is 2.25. The Balaban J connectivity index is 2.13. The second-order valence-corrected chi connectivity index (χ2v) is 4.91. The molecule has 0 radical (unpaired) electrons. The second-order valence-electron chi connectivity index (χ2n) is 4.91. The van der Waals surface area contributed by atoms with Crippen molar-refractivity contribution >= 4 is 0 Å². The molecule has 0 saturated carbocycles. The van der Waals surface area contributed by atoms with Gasteiger partial charge in [0.05, 0.1) is 12.6 Å². The molecule has 0 aliphatic rings. The first-order valence-corrected chi connectivity index (χ1v) is 7.24. The van der Waals surface area contributed by atoms with Crippen molar-refractivity contribution in [1.82, 2.24) is 5.32 Å². The highest BCUT2D eigenvalue weighted by Gasteiger charge is 2.12. The quantitative estimate of drug-likeness (QED) is 0.774. The molecule has 0 amide bonds. The Kier molecular flexibility index (Phi) is 5.78. The molecule has 2 rings (SSSR count). The number of benzene rings is 2. The summed E-state index contributed by atoms with van der Waals surface area (Å²) in [5.74, 6) is 0. The molecule has 0 unspecified atom stereocenters. The van der Waals surface area contributed by atoms with E-state index in [0.717, 1.165) is 19.8 Å². The van der Waals surface area contributed by atoms with Crippen molar-refractivity contribution in [2.75, 3.05) is 19.8 Å². The van der Waals surface area contributed by atoms with E-state index in [9.17, 15) is 0 Å². The standard InChI is InChI=1S/C18H23NO/c1-3-20-14-13-19-18(16-7-5-4-6-8-16)17-11-9-15(2)10-12-17/h4-12,18-19H,3,13-14H2,1-2H3/t18-/m0/s1. The van der Waals surface area contributed by atoms with Gasteiger partial charge in [-0.3, -0.25) is 0 Å². The minimum Gasteiger partial charge on any atom is -0.380 e. The van der Waals surface area contributed by atoms with Gasteiger partial charge in [0.25, 0.3) is 0 Å². The summed E-state index contributed by atoms with van der Waals surface area (Å²) in [6, 6.07) is 19.5. The first-order valence-electron chi connectivity index (χ1n) is 7.24. The SMILES string of the molecule is CCOCCN[C@@H](c1ccccc1)c1ccc(C)cc1. The van der Waals surface area contributed by atoms with Gasteiger partial charge in [0, 0.05) is 13.2 Å². The molecule has 0 heterocycles. The van der Waals surface area contributed by atoms with Gasteiger partial charge in [0.2, 0.25) is 0 Å². The molecule has 0 aliphatic heterocycles. The lowest BCUT2D eigenvalue weighted by molar-refractivity contribution is 0.148. The lowest BCUT2D eigenvalue weighted by atomic mass is 9.98. The Bertz CT molecular complexity index is 493. The van der Waals surface area contributed by atoms with Crippen molar-refractivity contribution in [3.05, 3.63) is 71.3 Å². The van der Waals surface area contributed by atoms with Gasteiger partial charge in [-0.25, -0.2) is 0 Å². The van der Waals surface area contributed by atoms with Gasteiger partial charge in [-0.1, -0.05) is 60.2 Å². The molecule has 1 N–H and O–H groups in total. The van der Waals surface area contributed by atoms with E-state index in [4.69, 9.17) is 4.74 Å². The van der Waals surface area contributed by atoms with E-state index in [-0.39, 0.29) is 6.04 Å². The van der Waals surface area contributed by atoms with Crippen LogP contribution in [0.4, 0.5) is 0 Å². The zero-order chi connectivity index (χ0) is 14.2. The lowest BCUT2D eigenvalue weighted by Crippen LogP contribution is -2.26. The summed E-state index contributed by atoms with van der Waals surface area (Å²) < 4.78 is 5.41. The molecule has 0 aromatic heterocycles. The van der Waals surface area contributed by atoms with Crippen LogP contribution in [0.3, 0.4) is 0 Å². The molecule has 0 fully saturated rings. The van der Waals surface area contributed by atoms with Crippen LogP contribution in [0.2, 0.25) is 0 Å². The van der Waals surface area contributed by atoms with E-state index in [1.54, 1.807) is 0 Å². The highest BCUT2D eigenvalue weighted by atomic mass is 16.5. The monoisotopic (exact) mass is 269 g/mol. The van der Waals surface area contributed by atoms with Crippen LogP contribution in [0.1, 0.15) is 29.7 Å². The molecular formula is C18H23NO. The van der Waals surface area contributed by atoms with Gasteiger partial charge < -0.3 is 10.1 Å². The van der Waals surface area contributed by atoms with E-state index in [1.807, 2.05) is 6.92 Å². The lowest BCUT2D eigenvalue weighted by Gasteiger charge is -2.20. The summed E-state index contributed by atoms with van der Waals surface area (Å²) in [7, 11) is 0. The van der Waals surface area contributed by atoms with Gasteiger partial charge in [-0.05, 0) is 25.0 Å². The Labute approximate surface area is 121 Å². The van der Waals surface area contributed by atoms with Gasteiger partial charge in [-0.15, -0.1) is 0 Å². The summed E-state index contributed by atoms with van der Waals surface area (Å²) in [6.07, 6.45) is 0. The molecule has 0 aliphatic carbocycles. The third kappa shape index (κ3) is 4.19. The van der Waals surface area contributed by atoms with Crippen molar-refractivity contribution < 1.29 is 4.74 Å². The Morgan fingerprint density at radius 2 is 1.60 bits per heavy atom. The van der Waals surface area contributed by atoms with Crippen LogP contribution in [0.5, 0.6) is 0 Å². The first kappa shape index (κ1) is 14.8. The fraction of sp³-hybridized carbons (Fsp3) is 0.333. The Morgan fingerprint density at radius 1 is 0.950 bits per heavy atom. The zero-order valence-electron chi connectivity index (χ0n) is 12.3. The molecule has 2 aromatic carbocycles. The molecule has 2 heteroatoms. The molecule has 0 spiro atoms. The van der Waals surface area contributed by atoms with Crippen LogP contribution in [0.15, 0.2) is 54.6 Å². The van der Waals surface area contributed by atoms with Gasteiger partial charge in [0.1, 0.15) is 0 Å². The van der Waals surface area contributed by atoms with Crippen LogP contribution < -0.4 is 5.32 Å². The van der Waals surface area contributed by atoms with Crippen LogP contribution in [-0.2, 0) is 4.74 Å². The molecule has 2 nitrogen and oxygen atoms in total. The van der Waals surface area contributed by atoms with E-state index in [1.165, 1.54) is 16.7 Å². The van der Waals surface area contributed by atoms with Gasteiger partial charge >= 0.3 is 0 Å². The average Bonchev–Trinajstić information content (AvgIpc) is 2.50. The van der Waals surface area contributed by atoms with E-state index >= 15 is 0 Å². The van der Waals surface area contributed by atoms with Crippen molar-refractivity contribution in [1.29, 1.82) is 0 Å². The second kappa shape index (κ2) is 7.83. The summed E-state index contributed by atoms with van der Waals surface area (Å²) in [6.45, 7) is 6.49. The minimum atomic E-state index is 0.220. The van der Waals surface area contributed by atoms with E-state index in [2.05, 4.69) is 66.8 Å². The highest BCUT2D eigenvalue weighted by Crippen LogP contribution is 2.22. The number of ether oxygens (including phenoxy) is 1. The summed E-state index contributed by atoms with van der Waals surface area (Å²) in [5.41, 5.74) is 3.86. The van der Waals surface area contributed by atoms with Gasteiger partial charge in [-0.2, -0.15) is 0 Å². The fourth-order valence-electron chi connectivity index (χ4n) is 2.25. The van der Waals surface area contributed by atoms with Crippen LogP contribution in [0, 0.1) is 6.92 Å². The topological polar surface area (TPSA) is 21.3 Å². The number of aryl methyl sites for hydroxylation is 1. The molecule has 20 heavy (non-hydrogen) atoms. The number of nitrogens with one attached hydrogen (secondary N) is 1. The maximum atomic E-state index is 5.41. The van der Waals surface area contributed by atoms with E-state index < -0.39 is 0 Å². The van der Waals surface area contributed by atoms with E-state index in [0.29, 0.717) is 0 Å². The highest BCUT2D eigenvalue weighted by molar-refractivity contribution is 5.33. The van der Waals surface area contributed by atoms with Crippen molar-refractivity contribution in [2.24, 2.45) is 0 Å². The van der Waals surface area contributed by atoms with Crippen molar-refractivity contribution in [2.45, 2.75) is 19.9 Å². The van der Waals surface area contributed by atoms with Gasteiger partial charge in [0.15, 0.2) is 0 Å². The summed E-state index contributed by atoms with van der Waals surface area (Å²) in [5, 5.41) is 3.58. The van der Waals surface area contributed by atoms with Crippen molar-refractivity contribution in [3.8, 4) is 0 Å². The predicted molar refractivity (Wildman–Crippen MR) is 84.0 cm³/mol. The number of hydrogen-bond donors (Lipinski definition) is 1. The minimum absolute atomic E-state index is 0.220. The Hall–Kier alpha value is -1.64. The maximum Gasteiger partial charge on any atom is 0.0591 e. The molecular weight excluding hydrogens is 246 g/mol. The van der Waals surface area contributed by atoms with Crippen molar-refractivity contribution in [3.63, 3.8) is 0 Å². The number of rotatable bonds is 7. The molecule has 106 valence electrons. The van der Waals surface area contributed by atoms with Crippen LogP contribution in [-0.4, -0.2) is 19.8 Å². The number of hydrogen-bond acceptors (Lipinski definition) is 2. The maximum absolute atomic E-state index is 5.41. The molecule has 2 aromatic rings. The third-order valence-electron chi connectivity index (χ3n) is 3.34. The molecule has 0 bridgehead atoms. The summed E-state index contributed by atoms with van der Waals surface area (Å²) >= 11 is 0. The molecule has 1 atom stereocenters. The van der Waals surface area contributed by atoms with Crippen LogP contribution in [0.25, 0.3) is 0 Å². The zero-order valence-corrected chi connectivity index (χ0v) is 12.3. The predicted octanol–water partition coefficient (Wildman–Crippen LogP) is 3.71. The smallest absolute Gasteiger partial charge is 0.0591 e. The normalized spacial score (nSPS) is 12.3. The average molecular weight is 269 g/mol. The largest absolute Gasteiger partial charge is 0.380 e. The summed E-state index contributed by atoms with van der Waals surface area (Å²) in [4.78, 5) is 0. The molecule has 0 saturated heterocycles.